The Morgan fingerprint density at radius 3 is 2.83 bits per heavy atom. The zero-order valence-corrected chi connectivity index (χ0v) is 18.0. The summed E-state index contributed by atoms with van der Waals surface area (Å²) in [6, 6.07) is 9.38. The van der Waals surface area contributed by atoms with Crippen molar-refractivity contribution in [1.82, 2.24) is 14.9 Å². The van der Waals surface area contributed by atoms with Crippen LogP contribution < -0.4 is 9.64 Å². The second-order valence-corrected chi connectivity index (χ2v) is 8.23. The fourth-order valence-corrected chi connectivity index (χ4v) is 4.41. The van der Waals surface area contributed by atoms with E-state index in [0.29, 0.717) is 16.6 Å². The highest BCUT2D eigenvalue weighted by Gasteiger charge is 2.27. The van der Waals surface area contributed by atoms with Gasteiger partial charge < -0.3 is 14.5 Å². The lowest BCUT2D eigenvalue weighted by Gasteiger charge is -2.20. The molecule has 29 heavy (non-hydrogen) atoms. The first-order chi connectivity index (χ1) is 14.0. The van der Waals surface area contributed by atoms with Crippen LogP contribution in [0.4, 0.5) is 16.3 Å². The van der Waals surface area contributed by atoms with Gasteiger partial charge in [0.2, 0.25) is 0 Å². The normalized spacial score (nSPS) is 12.8. The maximum atomic E-state index is 11.9. The third-order valence-corrected chi connectivity index (χ3v) is 6.10. The number of amides is 1. The summed E-state index contributed by atoms with van der Waals surface area (Å²) < 4.78 is 5.42. The van der Waals surface area contributed by atoms with E-state index in [1.165, 1.54) is 21.8 Å². The first-order valence-corrected chi connectivity index (χ1v) is 10.6. The van der Waals surface area contributed by atoms with E-state index in [1.54, 1.807) is 20.2 Å². The number of aryl methyl sites for hydroxylation is 1. The number of carbonyl (C=O) groups is 1. The number of rotatable bonds is 4. The quantitative estimate of drug-likeness (QED) is 0.573. The van der Waals surface area contributed by atoms with Gasteiger partial charge in [0, 0.05) is 43.7 Å². The lowest BCUT2D eigenvalue weighted by Crippen LogP contribution is -2.25. The first kappa shape index (κ1) is 19.7. The fourth-order valence-electron chi connectivity index (χ4n) is 3.33. The van der Waals surface area contributed by atoms with Crippen LogP contribution in [0.1, 0.15) is 18.2 Å². The topological polar surface area (TPSA) is 58.6 Å². The Hall–Kier alpha value is -2.64. The lowest BCUT2D eigenvalue weighted by molar-refractivity contribution is 0.172. The highest BCUT2D eigenvalue weighted by molar-refractivity contribution is 7.14. The Morgan fingerprint density at radius 1 is 1.31 bits per heavy atom. The van der Waals surface area contributed by atoms with Gasteiger partial charge in [0.1, 0.15) is 11.6 Å². The maximum Gasteiger partial charge on any atom is 0.414 e. The monoisotopic (exact) mass is 428 g/mol. The van der Waals surface area contributed by atoms with E-state index in [1.807, 2.05) is 29.6 Å². The Bertz CT molecular complexity index is 1070. The molecule has 150 valence electrons. The van der Waals surface area contributed by atoms with Crippen molar-refractivity contribution in [2.45, 2.75) is 19.8 Å². The standard InChI is InChI=1S/C21H21ClN4O2S/c1-4-17-15-8-10-26(13-6-5-7-14(12-13)28-21(27)25(2)3)20(15)24-19(23-17)18-16(22)9-11-29-18/h5-7,9,11-12H,4,8,10H2,1-3H3. The van der Waals surface area contributed by atoms with Gasteiger partial charge >= 0.3 is 6.09 Å². The molecule has 3 heterocycles. The van der Waals surface area contributed by atoms with Crippen molar-refractivity contribution in [1.29, 1.82) is 0 Å². The highest BCUT2D eigenvalue weighted by atomic mass is 35.5. The molecular formula is C21H21ClN4O2S. The molecule has 4 rings (SSSR count). The SMILES string of the molecule is CCc1nc(-c2sccc2Cl)nc2c1CCN2c1cccc(OC(=O)N(C)C)c1. The van der Waals surface area contributed by atoms with Crippen LogP contribution in [-0.2, 0) is 12.8 Å². The number of carbonyl (C=O) groups excluding carboxylic acids is 1. The van der Waals surface area contributed by atoms with Crippen LogP contribution in [0.3, 0.4) is 0 Å². The van der Waals surface area contributed by atoms with E-state index >= 15 is 0 Å². The molecule has 2 aromatic heterocycles. The molecule has 0 aliphatic carbocycles. The number of benzene rings is 1. The van der Waals surface area contributed by atoms with Crippen LogP contribution in [0.2, 0.25) is 5.02 Å². The van der Waals surface area contributed by atoms with Gasteiger partial charge in [-0.25, -0.2) is 14.8 Å². The first-order valence-electron chi connectivity index (χ1n) is 9.37. The summed E-state index contributed by atoms with van der Waals surface area (Å²) in [6.45, 7) is 2.90. The Balaban J connectivity index is 1.73. The molecule has 6 nitrogen and oxygen atoms in total. The van der Waals surface area contributed by atoms with E-state index in [4.69, 9.17) is 26.3 Å². The molecule has 0 fully saturated rings. The zero-order valence-electron chi connectivity index (χ0n) is 16.5. The highest BCUT2D eigenvalue weighted by Crippen LogP contribution is 2.39. The van der Waals surface area contributed by atoms with Gasteiger partial charge in [0.05, 0.1) is 9.90 Å². The molecule has 8 heteroatoms. The van der Waals surface area contributed by atoms with Crippen LogP contribution in [-0.4, -0.2) is 41.6 Å². The summed E-state index contributed by atoms with van der Waals surface area (Å²) in [5, 5.41) is 2.61. The second kappa shape index (κ2) is 8.00. The summed E-state index contributed by atoms with van der Waals surface area (Å²) in [6.07, 6.45) is 1.29. The number of halogens is 1. The van der Waals surface area contributed by atoms with Gasteiger partial charge in [-0.05, 0) is 36.4 Å². The van der Waals surface area contributed by atoms with Crippen LogP contribution in [0.25, 0.3) is 10.7 Å². The van der Waals surface area contributed by atoms with Gasteiger partial charge in [-0.15, -0.1) is 11.3 Å². The summed E-state index contributed by atoms with van der Waals surface area (Å²) in [4.78, 5) is 26.0. The van der Waals surface area contributed by atoms with Crippen molar-refractivity contribution in [3.8, 4) is 16.5 Å². The Kier molecular flexibility index (Phi) is 5.43. The molecular weight excluding hydrogens is 408 g/mol. The number of fused-ring (bicyclic) bond motifs is 1. The number of ether oxygens (including phenoxy) is 1. The summed E-state index contributed by atoms with van der Waals surface area (Å²) in [5.74, 6) is 2.05. The third-order valence-electron chi connectivity index (χ3n) is 4.77. The number of nitrogens with zero attached hydrogens (tertiary/aromatic N) is 4. The minimum Gasteiger partial charge on any atom is -0.410 e. The molecule has 0 atom stereocenters. The molecule has 1 aliphatic rings. The van der Waals surface area contributed by atoms with E-state index in [0.717, 1.165) is 41.5 Å². The largest absolute Gasteiger partial charge is 0.414 e. The molecule has 1 aromatic carbocycles. The average molecular weight is 429 g/mol. The average Bonchev–Trinajstić information content (AvgIpc) is 3.33. The van der Waals surface area contributed by atoms with Crippen molar-refractivity contribution >= 4 is 40.5 Å². The van der Waals surface area contributed by atoms with Crippen molar-refractivity contribution < 1.29 is 9.53 Å². The maximum absolute atomic E-state index is 11.9. The molecule has 3 aromatic rings. The van der Waals surface area contributed by atoms with Crippen LogP contribution in [0.5, 0.6) is 5.75 Å². The van der Waals surface area contributed by atoms with Crippen LogP contribution in [0.15, 0.2) is 35.7 Å². The molecule has 0 unspecified atom stereocenters. The molecule has 0 radical (unpaired) electrons. The van der Waals surface area contributed by atoms with E-state index in [-0.39, 0.29) is 0 Å². The Labute approximate surface area is 178 Å². The third kappa shape index (κ3) is 3.80. The van der Waals surface area contributed by atoms with Crippen LogP contribution in [0, 0.1) is 0 Å². The molecule has 1 aliphatic heterocycles. The van der Waals surface area contributed by atoms with Gasteiger partial charge in [-0.3, -0.25) is 0 Å². The predicted molar refractivity (Wildman–Crippen MR) is 117 cm³/mol. The van der Waals surface area contributed by atoms with Crippen molar-refractivity contribution in [2.24, 2.45) is 0 Å². The van der Waals surface area contributed by atoms with Crippen molar-refractivity contribution in [3.63, 3.8) is 0 Å². The fraction of sp³-hybridized carbons (Fsp3) is 0.286. The minimum atomic E-state index is -0.408. The molecule has 0 N–H and O–H groups in total. The molecule has 1 amide bonds. The van der Waals surface area contributed by atoms with E-state index in [2.05, 4.69) is 11.8 Å². The van der Waals surface area contributed by atoms with Crippen molar-refractivity contribution in [2.75, 3.05) is 25.5 Å². The number of hydrogen-bond acceptors (Lipinski definition) is 6. The summed E-state index contributed by atoms with van der Waals surface area (Å²) >= 11 is 7.87. The molecule has 0 saturated carbocycles. The van der Waals surface area contributed by atoms with Gasteiger partial charge in [-0.2, -0.15) is 0 Å². The number of hydrogen-bond donors (Lipinski definition) is 0. The number of anilines is 2. The van der Waals surface area contributed by atoms with Crippen molar-refractivity contribution in [3.05, 3.63) is 52.0 Å². The van der Waals surface area contributed by atoms with E-state index < -0.39 is 6.09 Å². The molecule has 0 bridgehead atoms. The summed E-state index contributed by atoms with van der Waals surface area (Å²) in [7, 11) is 3.31. The van der Waals surface area contributed by atoms with Gasteiger partial charge in [0.15, 0.2) is 5.82 Å². The number of thiophene rings is 1. The van der Waals surface area contributed by atoms with Gasteiger partial charge in [-0.1, -0.05) is 24.6 Å². The molecule has 0 spiro atoms. The minimum absolute atomic E-state index is 0.408. The van der Waals surface area contributed by atoms with E-state index in [9.17, 15) is 4.79 Å². The van der Waals surface area contributed by atoms with Gasteiger partial charge in [0.25, 0.3) is 0 Å². The Morgan fingerprint density at radius 2 is 2.14 bits per heavy atom. The number of aromatic nitrogens is 2. The zero-order chi connectivity index (χ0) is 20.5. The second-order valence-electron chi connectivity index (χ2n) is 6.91. The lowest BCUT2D eigenvalue weighted by atomic mass is 10.1. The smallest absolute Gasteiger partial charge is 0.410 e. The van der Waals surface area contributed by atoms with Crippen LogP contribution >= 0.6 is 22.9 Å². The summed E-state index contributed by atoms with van der Waals surface area (Å²) in [5.41, 5.74) is 3.14. The molecule has 0 saturated heterocycles. The predicted octanol–water partition coefficient (Wildman–Crippen LogP) is 5.18.